The third kappa shape index (κ3) is 4.79. The van der Waals surface area contributed by atoms with Crippen molar-refractivity contribution in [1.29, 1.82) is 0 Å². The second-order valence-corrected chi connectivity index (χ2v) is 9.61. The van der Waals surface area contributed by atoms with Gasteiger partial charge in [-0.3, -0.25) is 19.1 Å². The molecular weight excluding hydrogens is 505 g/mol. The van der Waals surface area contributed by atoms with Crippen molar-refractivity contribution in [3.63, 3.8) is 0 Å². The molecule has 0 radical (unpaired) electrons. The summed E-state index contributed by atoms with van der Waals surface area (Å²) in [7, 11) is 0. The Bertz CT molecular complexity index is 1570. The molecule has 0 unspecified atom stereocenters. The van der Waals surface area contributed by atoms with Crippen LogP contribution in [-0.2, 0) is 6.54 Å². The molecule has 4 aromatic rings. The van der Waals surface area contributed by atoms with E-state index in [2.05, 4.69) is 10.3 Å². The van der Waals surface area contributed by atoms with Crippen LogP contribution in [0.15, 0.2) is 76.5 Å². The number of hydrogen-bond donors (Lipinski definition) is 2. The Morgan fingerprint density at radius 2 is 1.86 bits per heavy atom. The number of halogens is 2. The maximum absolute atomic E-state index is 12.6. The second kappa shape index (κ2) is 9.54. The number of amides is 1. The number of benzene rings is 3. The van der Waals surface area contributed by atoms with Crippen LogP contribution >= 0.6 is 34.5 Å². The van der Waals surface area contributed by atoms with Crippen molar-refractivity contribution >= 4 is 69.7 Å². The van der Waals surface area contributed by atoms with Crippen molar-refractivity contribution < 1.29 is 9.90 Å². The van der Waals surface area contributed by atoms with E-state index in [9.17, 15) is 14.7 Å². The van der Waals surface area contributed by atoms with Crippen molar-refractivity contribution in [2.75, 3.05) is 5.32 Å². The van der Waals surface area contributed by atoms with Crippen LogP contribution in [0.1, 0.15) is 26.4 Å². The zero-order valence-electron chi connectivity index (χ0n) is 18.0. The van der Waals surface area contributed by atoms with Gasteiger partial charge in [0.1, 0.15) is 0 Å². The molecule has 0 fully saturated rings. The van der Waals surface area contributed by atoms with E-state index in [4.69, 9.17) is 23.2 Å². The zero-order valence-corrected chi connectivity index (χ0v) is 20.4. The average molecular weight is 522 g/mol. The van der Waals surface area contributed by atoms with Gasteiger partial charge in [0.05, 0.1) is 27.2 Å². The highest BCUT2D eigenvalue weighted by molar-refractivity contribution is 7.10. The Morgan fingerprint density at radius 1 is 1.06 bits per heavy atom. The van der Waals surface area contributed by atoms with E-state index in [1.807, 2.05) is 18.2 Å². The van der Waals surface area contributed by atoms with Crippen LogP contribution in [0.5, 0.6) is 5.88 Å². The average Bonchev–Trinajstić information content (AvgIpc) is 3.37. The molecule has 0 atom stereocenters. The number of fused-ring (bicyclic) bond motifs is 1. The lowest BCUT2D eigenvalue weighted by Gasteiger charge is -2.08. The molecule has 6 nitrogen and oxygen atoms in total. The lowest BCUT2D eigenvalue weighted by Crippen LogP contribution is -2.13. The molecular formula is C26H17Cl2N3O3S. The normalized spacial score (nSPS) is 13.3. The van der Waals surface area contributed by atoms with Gasteiger partial charge in [-0.15, -0.1) is 0 Å². The minimum Gasteiger partial charge on any atom is -0.493 e. The standard InChI is InChI=1S/C26H17Cl2N3O3S/c27-20-8-6-15(10-21(20)28)14-31-25(33)23(35-26(31)34)11-17-13-29-22-9-7-18(12-19(17)22)30-24(32)16-4-2-1-3-5-16/h1-13,33H,14H2,(H,30,32). The molecule has 5 rings (SSSR count). The van der Waals surface area contributed by atoms with E-state index >= 15 is 0 Å². The first kappa shape index (κ1) is 23.1. The fraction of sp³-hybridized carbons (Fsp3) is 0.0385. The second-order valence-electron chi connectivity index (χ2n) is 7.80. The Kier molecular flexibility index (Phi) is 6.30. The van der Waals surface area contributed by atoms with Crippen LogP contribution in [0.25, 0.3) is 11.6 Å². The largest absolute Gasteiger partial charge is 0.493 e. The number of aromatic hydroxyl groups is 1. The molecule has 1 aliphatic heterocycles. The van der Waals surface area contributed by atoms with Gasteiger partial charge in [-0.25, -0.2) is 0 Å². The van der Waals surface area contributed by atoms with Crippen molar-refractivity contribution in [1.82, 2.24) is 4.57 Å². The molecule has 0 bridgehead atoms. The highest BCUT2D eigenvalue weighted by Crippen LogP contribution is 2.36. The smallest absolute Gasteiger partial charge is 0.310 e. The summed E-state index contributed by atoms with van der Waals surface area (Å²) in [5.74, 6) is -0.362. The van der Waals surface area contributed by atoms with E-state index in [0.29, 0.717) is 31.7 Å². The van der Waals surface area contributed by atoms with Gasteiger partial charge >= 0.3 is 4.87 Å². The highest BCUT2D eigenvalue weighted by atomic mass is 35.5. The quantitative estimate of drug-likeness (QED) is 0.315. The third-order valence-corrected chi connectivity index (χ3v) is 7.10. The number of nitrogens with one attached hydrogen (secondary N) is 1. The van der Waals surface area contributed by atoms with E-state index in [0.717, 1.165) is 28.2 Å². The number of nitrogens with zero attached hydrogens (tertiary/aromatic N) is 2. The summed E-state index contributed by atoms with van der Waals surface area (Å²) in [5, 5.41) is 14.5. The van der Waals surface area contributed by atoms with Gasteiger partial charge in [0.2, 0.25) is 5.88 Å². The maximum Gasteiger partial charge on any atom is 0.310 e. The summed E-state index contributed by atoms with van der Waals surface area (Å²) >= 11 is 13.0. The van der Waals surface area contributed by atoms with Crippen molar-refractivity contribution in [3.8, 4) is 5.88 Å². The predicted octanol–water partition coefficient (Wildman–Crippen LogP) is 6.48. The van der Waals surface area contributed by atoms with E-state index < -0.39 is 0 Å². The fourth-order valence-corrected chi connectivity index (χ4v) is 4.84. The van der Waals surface area contributed by atoms with Gasteiger partial charge in [0, 0.05) is 28.6 Å². The molecule has 35 heavy (non-hydrogen) atoms. The summed E-state index contributed by atoms with van der Waals surface area (Å²) in [4.78, 5) is 29.6. The molecule has 9 heteroatoms. The molecule has 3 aromatic carbocycles. The monoisotopic (exact) mass is 521 g/mol. The van der Waals surface area contributed by atoms with Crippen LogP contribution in [0.4, 0.5) is 11.4 Å². The first-order valence-electron chi connectivity index (χ1n) is 10.5. The van der Waals surface area contributed by atoms with Gasteiger partial charge in [0.25, 0.3) is 5.91 Å². The number of aliphatic imine (C=N–C) groups is 1. The maximum atomic E-state index is 12.6. The SMILES string of the molecule is O=C(Nc1ccc2c(c1)C(=Cc1sc(=O)n(Cc3ccc(Cl)c(Cl)c3)c1O)C=N2)c1ccccc1. The lowest BCUT2D eigenvalue weighted by atomic mass is 10.1. The molecule has 1 aliphatic rings. The molecule has 2 heterocycles. The van der Waals surface area contributed by atoms with Gasteiger partial charge in [-0.2, -0.15) is 0 Å². The summed E-state index contributed by atoms with van der Waals surface area (Å²) in [5.41, 5.74) is 4.14. The molecule has 1 aromatic heterocycles. The molecule has 0 saturated carbocycles. The number of anilines is 1. The number of thiazole rings is 1. The molecule has 0 saturated heterocycles. The van der Waals surface area contributed by atoms with Crippen LogP contribution in [0.2, 0.25) is 10.0 Å². The van der Waals surface area contributed by atoms with Crippen LogP contribution in [-0.4, -0.2) is 21.8 Å². The predicted molar refractivity (Wildman–Crippen MR) is 143 cm³/mol. The Hall–Kier alpha value is -3.65. The molecule has 2 N–H and O–H groups in total. The van der Waals surface area contributed by atoms with Gasteiger partial charge in [-0.05, 0) is 54.1 Å². The van der Waals surface area contributed by atoms with Gasteiger partial charge in [-0.1, -0.05) is 58.8 Å². The third-order valence-electron chi connectivity index (χ3n) is 5.45. The number of aromatic nitrogens is 1. The summed E-state index contributed by atoms with van der Waals surface area (Å²) in [6, 6.07) is 19.4. The van der Waals surface area contributed by atoms with Crippen LogP contribution in [0.3, 0.4) is 0 Å². The summed E-state index contributed by atoms with van der Waals surface area (Å²) < 4.78 is 1.28. The van der Waals surface area contributed by atoms with Crippen molar-refractivity contribution in [3.05, 3.63) is 108 Å². The Balaban J connectivity index is 1.42. The number of carbonyl (C=O) groups excluding carboxylic acids is 1. The van der Waals surface area contributed by atoms with E-state index in [-0.39, 0.29) is 23.2 Å². The van der Waals surface area contributed by atoms with E-state index in [1.165, 1.54) is 4.57 Å². The van der Waals surface area contributed by atoms with Gasteiger partial charge < -0.3 is 10.4 Å². The first-order chi connectivity index (χ1) is 16.9. The number of hydrogen-bond acceptors (Lipinski definition) is 5. The van der Waals surface area contributed by atoms with Crippen LogP contribution < -0.4 is 10.2 Å². The Morgan fingerprint density at radius 3 is 2.63 bits per heavy atom. The topological polar surface area (TPSA) is 83.7 Å². The van der Waals surface area contributed by atoms with Crippen LogP contribution in [0, 0.1) is 0 Å². The fourth-order valence-electron chi connectivity index (χ4n) is 3.68. The Labute approximate surface area is 214 Å². The number of carbonyl (C=O) groups is 1. The molecule has 1 amide bonds. The minimum absolute atomic E-state index is 0.144. The zero-order chi connectivity index (χ0) is 24.5. The summed E-state index contributed by atoms with van der Waals surface area (Å²) in [6.07, 6.45) is 3.38. The lowest BCUT2D eigenvalue weighted by molar-refractivity contribution is 0.102. The highest BCUT2D eigenvalue weighted by Gasteiger charge is 2.18. The van der Waals surface area contributed by atoms with Crippen molar-refractivity contribution in [2.45, 2.75) is 6.54 Å². The van der Waals surface area contributed by atoms with E-state index in [1.54, 1.807) is 60.8 Å². The molecule has 0 aliphatic carbocycles. The first-order valence-corrected chi connectivity index (χ1v) is 12.1. The van der Waals surface area contributed by atoms with Gasteiger partial charge in [0.15, 0.2) is 0 Å². The molecule has 0 spiro atoms. The number of allylic oxidation sites excluding steroid dienone is 1. The number of rotatable bonds is 5. The minimum atomic E-state index is -0.306. The van der Waals surface area contributed by atoms with Crippen molar-refractivity contribution in [2.24, 2.45) is 4.99 Å². The molecule has 174 valence electrons. The summed E-state index contributed by atoms with van der Waals surface area (Å²) in [6.45, 7) is 0.154.